The minimum atomic E-state index is -0.325. The zero-order valence-corrected chi connectivity index (χ0v) is 10.7. The first-order valence-corrected chi connectivity index (χ1v) is 5.47. The molecule has 1 aromatic rings. The molecule has 0 spiro atoms. The highest BCUT2D eigenvalue weighted by Gasteiger charge is 2.16. The Morgan fingerprint density at radius 3 is 2.06 bits per heavy atom. The Kier molecular flexibility index (Phi) is 6.74. The molecule has 0 bridgehead atoms. The third-order valence-corrected chi connectivity index (χ3v) is 1.95. The fourth-order valence-corrected chi connectivity index (χ4v) is 0.847. The first kappa shape index (κ1) is 14.9. The van der Waals surface area contributed by atoms with Crippen LogP contribution in [0, 0.1) is 5.82 Å². The summed E-state index contributed by atoms with van der Waals surface area (Å²) in [6, 6.07) is 5.94. The fourth-order valence-electron chi connectivity index (χ4n) is 0.847. The molecule has 0 heterocycles. The minimum Gasteiger partial charge on any atom is -0.491 e. The van der Waals surface area contributed by atoms with Crippen LogP contribution in [-0.4, -0.2) is 19.3 Å². The maximum atomic E-state index is 12.5. The van der Waals surface area contributed by atoms with Crippen LogP contribution in [0.5, 0.6) is 5.75 Å². The molecule has 0 saturated heterocycles. The quantitative estimate of drug-likeness (QED) is 0.783. The van der Waals surface area contributed by atoms with Crippen LogP contribution in [0.15, 0.2) is 24.3 Å². The highest BCUT2D eigenvalue weighted by Crippen LogP contribution is 2.14. The third-order valence-electron chi connectivity index (χ3n) is 1.95. The number of rotatable bonds is 4. The van der Waals surface area contributed by atoms with Crippen LogP contribution in [0.3, 0.4) is 0 Å². The summed E-state index contributed by atoms with van der Waals surface area (Å²) in [6.07, 6.45) is 0. The maximum Gasteiger partial charge on any atom is 0.123 e. The highest BCUT2D eigenvalue weighted by molar-refractivity contribution is 5.22. The standard InChI is InChI=1S/C11H15FO2.C2H6/c1-11(2,13-3)8-14-10-6-4-9(12)5-7-10;1-2/h4-7H,8H2,1-3H3;1-2H3. The molecule has 0 radical (unpaired) electrons. The molecular weight excluding hydrogens is 207 g/mol. The number of ether oxygens (including phenoxy) is 2. The number of hydrogen-bond acceptors (Lipinski definition) is 2. The van der Waals surface area contributed by atoms with E-state index in [1.807, 2.05) is 27.7 Å². The van der Waals surface area contributed by atoms with E-state index in [1.165, 1.54) is 12.1 Å². The lowest BCUT2D eigenvalue weighted by molar-refractivity contribution is -0.0146. The van der Waals surface area contributed by atoms with E-state index in [-0.39, 0.29) is 11.4 Å². The average Bonchev–Trinajstić information content (AvgIpc) is 2.31. The molecule has 0 aromatic heterocycles. The molecule has 0 saturated carbocycles. The maximum absolute atomic E-state index is 12.5. The topological polar surface area (TPSA) is 18.5 Å². The van der Waals surface area contributed by atoms with Crippen molar-refractivity contribution in [3.05, 3.63) is 30.1 Å². The molecule has 0 unspecified atom stereocenters. The Balaban J connectivity index is 0.00000106. The predicted octanol–water partition coefficient (Wildman–Crippen LogP) is 3.66. The van der Waals surface area contributed by atoms with E-state index in [4.69, 9.17) is 9.47 Å². The molecular formula is C13H21FO2. The van der Waals surface area contributed by atoms with Crippen LogP contribution >= 0.6 is 0 Å². The lowest BCUT2D eigenvalue weighted by Crippen LogP contribution is -2.30. The van der Waals surface area contributed by atoms with Gasteiger partial charge in [0, 0.05) is 7.11 Å². The summed E-state index contributed by atoms with van der Waals surface area (Å²) >= 11 is 0. The summed E-state index contributed by atoms with van der Waals surface area (Å²) in [5.74, 6) is 0.389. The number of hydrogen-bond donors (Lipinski definition) is 0. The second kappa shape index (κ2) is 7.23. The van der Waals surface area contributed by atoms with Gasteiger partial charge in [-0.25, -0.2) is 4.39 Å². The number of methoxy groups -OCH3 is 1. The van der Waals surface area contributed by atoms with E-state index in [1.54, 1.807) is 19.2 Å². The van der Waals surface area contributed by atoms with E-state index < -0.39 is 0 Å². The largest absolute Gasteiger partial charge is 0.491 e. The molecule has 0 amide bonds. The molecule has 1 aromatic carbocycles. The van der Waals surface area contributed by atoms with Gasteiger partial charge in [-0.15, -0.1) is 0 Å². The molecule has 0 fully saturated rings. The van der Waals surface area contributed by atoms with Gasteiger partial charge in [-0.3, -0.25) is 0 Å². The first-order chi connectivity index (χ1) is 7.53. The van der Waals surface area contributed by atoms with Crippen LogP contribution in [0.1, 0.15) is 27.7 Å². The van der Waals surface area contributed by atoms with Gasteiger partial charge in [0.05, 0.1) is 5.60 Å². The van der Waals surface area contributed by atoms with Gasteiger partial charge in [-0.1, -0.05) is 13.8 Å². The summed E-state index contributed by atoms with van der Waals surface area (Å²) in [7, 11) is 1.63. The van der Waals surface area contributed by atoms with Crippen molar-refractivity contribution < 1.29 is 13.9 Å². The van der Waals surface area contributed by atoms with E-state index >= 15 is 0 Å². The summed E-state index contributed by atoms with van der Waals surface area (Å²) in [4.78, 5) is 0. The van der Waals surface area contributed by atoms with Crippen molar-refractivity contribution in [2.75, 3.05) is 13.7 Å². The normalized spacial score (nSPS) is 10.4. The smallest absolute Gasteiger partial charge is 0.123 e. The van der Waals surface area contributed by atoms with E-state index in [9.17, 15) is 4.39 Å². The Morgan fingerprint density at radius 1 is 1.12 bits per heavy atom. The van der Waals surface area contributed by atoms with Crippen molar-refractivity contribution in [3.63, 3.8) is 0 Å². The van der Waals surface area contributed by atoms with Crippen LogP contribution < -0.4 is 4.74 Å². The van der Waals surface area contributed by atoms with E-state index in [0.29, 0.717) is 12.4 Å². The average molecular weight is 228 g/mol. The van der Waals surface area contributed by atoms with Crippen molar-refractivity contribution >= 4 is 0 Å². The molecule has 0 aliphatic heterocycles. The lowest BCUT2D eigenvalue weighted by atomic mass is 10.1. The van der Waals surface area contributed by atoms with Crippen LogP contribution in [-0.2, 0) is 4.74 Å². The Bertz CT molecular complexity index is 280. The predicted molar refractivity (Wildman–Crippen MR) is 64.3 cm³/mol. The molecule has 0 aliphatic carbocycles. The van der Waals surface area contributed by atoms with Gasteiger partial charge in [-0.05, 0) is 38.1 Å². The second-order valence-corrected chi connectivity index (χ2v) is 3.71. The van der Waals surface area contributed by atoms with Gasteiger partial charge in [-0.2, -0.15) is 0 Å². The number of benzene rings is 1. The summed E-state index contributed by atoms with van der Waals surface area (Å²) in [5.41, 5.74) is -0.325. The van der Waals surface area contributed by atoms with Gasteiger partial charge < -0.3 is 9.47 Å². The summed E-state index contributed by atoms with van der Waals surface area (Å²) < 4.78 is 23.2. The summed E-state index contributed by atoms with van der Waals surface area (Å²) in [6.45, 7) is 8.29. The monoisotopic (exact) mass is 228 g/mol. The van der Waals surface area contributed by atoms with E-state index in [2.05, 4.69) is 0 Å². The molecule has 0 aliphatic rings. The fraction of sp³-hybridized carbons (Fsp3) is 0.538. The zero-order chi connectivity index (χ0) is 12.6. The van der Waals surface area contributed by atoms with Crippen molar-refractivity contribution in [3.8, 4) is 5.75 Å². The third kappa shape index (κ3) is 5.71. The van der Waals surface area contributed by atoms with Crippen LogP contribution in [0.4, 0.5) is 4.39 Å². The Labute approximate surface area is 97.4 Å². The van der Waals surface area contributed by atoms with Gasteiger partial charge >= 0.3 is 0 Å². The van der Waals surface area contributed by atoms with Gasteiger partial charge in [0.2, 0.25) is 0 Å². The van der Waals surface area contributed by atoms with Gasteiger partial charge in [0.15, 0.2) is 0 Å². The molecule has 0 atom stereocenters. The van der Waals surface area contributed by atoms with Crippen molar-refractivity contribution in [2.24, 2.45) is 0 Å². The molecule has 1 rings (SSSR count). The molecule has 2 nitrogen and oxygen atoms in total. The van der Waals surface area contributed by atoms with Gasteiger partial charge in [0.1, 0.15) is 18.2 Å². The lowest BCUT2D eigenvalue weighted by Gasteiger charge is -2.22. The van der Waals surface area contributed by atoms with Crippen molar-refractivity contribution in [1.29, 1.82) is 0 Å². The molecule has 3 heteroatoms. The van der Waals surface area contributed by atoms with Gasteiger partial charge in [0.25, 0.3) is 0 Å². The second-order valence-electron chi connectivity index (χ2n) is 3.71. The Hall–Kier alpha value is -1.09. The SMILES string of the molecule is CC.COC(C)(C)COc1ccc(F)cc1. The highest BCUT2D eigenvalue weighted by atomic mass is 19.1. The van der Waals surface area contributed by atoms with Crippen LogP contribution in [0.2, 0.25) is 0 Å². The van der Waals surface area contributed by atoms with Crippen molar-refractivity contribution in [1.82, 2.24) is 0 Å². The number of halogens is 1. The zero-order valence-electron chi connectivity index (χ0n) is 10.7. The van der Waals surface area contributed by atoms with Crippen LogP contribution in [0.25, 0.3) is 0 Å². The van der Waals surface area contributed by atoms with Crippen molar-refractivity contribution in [2.45, 2.75) is 33.3 Å². The van der Waals surface area contributed by atoms with E-state index in [0.717, 1.165) is 0 Å². The molecule has 16 heavy (non-hydrogen) atoms. The minimum absolute atomic E-state index is 0.261. The molecule has 92 valence electrons. The molecule has 0 N–H and O–H groups in total. The Morgan fingerprint density at radius 2 is 1.62 bits per heavy atom. The first-order valence-electron chi connectivity index (χ1n) is 5.47. The summed E-state index contributed by atoms with van der Waals surface area (Å²) in [5, 5.41) is 0.